The Kier molecular flexibility index (Phi) is 7.97. The van der Waals surface area contributed by atoms with Gasteiger partial charge in [-0.2, -0.15) is 0 Å². The van der Waals surface area contributed by atoms with Crippen molar-refractivity contribution in [3.8, 4) is 5.75 Å². The number of para-hydroxylation sites is 2. The first-order chi connectivity index (χ1) is 13.0. The van der Waals surface area contributed by atoms with E-state index >= 15 is 0 Å². The molecule has 1 aromatic heterocycles. The number of halogens is 1. The molecular weight excluding hydrogens is 469 g/mol. The van der Waals surface area contributed by atoms with Crippen LogP contribution in [0.4, 0.5) is 5.69 Å². The fourth-order valence-corrected chi connectivity index (χ4v) is 3.76. The van der Waals surface area contributed by atoms with Crippen molar-refractivity contribution in [2.24, 2.45) is 4.99 Å². The molecule has 0 bridgehead atoms. The summed E-state index contributed by atoms with van der Waals surface area (Å²) in [5.74, 6) is 2.41. The lowest BCUT2D eigenvalue weighted by Gasteiger charge is -2.38. The Hall–Kier alpha value is -1.97. The number of benzene rings is 1. The Labute approximate surface area is 183 Å². The number of nitrogens with zero attached hydrogens (tertiary/aromatic N) is 4. The summed E-state index contributed by atoms with van der Waals surface area (Å²) in [7, 11) is 1.82. The first-order valence-corrected chi connectivity index (χ1v) is 9.42. The fraction of sp³-hybridized carbons (Fsp3) is 0.500. The molecule has 0 spiro atoms. The third kappa shape index (κ3) is 4.89. The quantitative estimate of drug-likeness (QED) is 0.383. The zero-order valence-electron chi connectivity index (χ0n) is 17.0. The van der Waals surface area contributed by atoms with E-state index in [1.165, 1.54) is 5.56 Å². The Balaban J connectivity index is 0.00000280. The van der Waals surface area contributed by atoms with E-state index in [0.29, 0.717) is 5.75 Å². The van der Waals surface area contributed by atoms with Crippen LogP contribution in [-0.2, 0) is 0 Å². The smallest absolute Gasteiger partial charge is 0.193 e. The summed E-state index contributed by atoms with van der Waals surface area (Å²) >= 11 is 0. The summed E-state index contributed by atoms with van der Waals surface area (Å²) in [5.41, 5.74) is 3.02. The van der Waals surface area contributed by atoms with Gasteiger partial charge in [0.25, 0.3) is 0 Å². The number of phenolic OH excluding ortho intramolecular Hbond substituents is 1. The molecule has 1 fully saturated rings. The molecule has 1 aliphatic rings. The highest BCUT2D eigenvalue weighted by Gasteiger charge is 2.22. The average molecular weight is 499 g/mol. The average Bonchev–Trinajstić information content (AvgIpc) is 3.01. The van der Waals surface area contributed by atoms with Crippen molar-refractivity contribution < 1.29 is 9.63 Å². The molecule has 2 N–H and O–H groups in total. The van der Waals surface area contributed by atoms with Crippen molar-refractivity contribution in [3.63, 3.8) is 0 Å². The van der Waals surface area contributed by atoms with E-state index in [1.807, 2.05) is 39.1 Å². The van der Waals surface area contributed by atoms with E-state index in [1.54, 1.807) is 6.07 Å². The van der Waals surface area contributed by atoms with Gasteiger partial charge in [-0.1, -0.05) is 24.2 Å². The standard InChI is InChI=1S/C20H29N5O2.HI/c1-14(19-15(2)23-27-16(19)3)13-22-20(21-4)25-11-9-24(10-12-25)17-7-5-6-8-18(17)26;/h5-8,14,26H,9-13H2,1-4H3,(H,21,22);1H. The molecule has 28 heavy (non-hydrogen) atoms. The second-order valence-electron chi connectivity index (χ2n) is 7.03. The number of nitrogens with one attached hydrogen (secondary N) is 1. The molecule has 3 rings (SSSR count). The maximum atomic E-state index is 10.1. The number of phenols is 1. The molecule has 1 atom stereocenters. The third-order valence-electron chi connectivity index (χ3n) is 5.16. The van der Waals surface area contributed by atoms with Gasteiger partial charge in [-0.05, 0) is 26.0 Å². The van der Waals surface area contributed by atoms with E-state index in [2.05, 4.69) is 32.2 Å². The van der Waals surface area contributed by atoms with Crippen LogP contribution in [0.5, 0.6) is 5.75 Å². The van der Waals surface area contributed by atoms with Crippen LogP contribution >= 0.6 is 24.0 Å². The predicted molar refractivity (Wildman–Crippen MR) is 123 cm³/mol. The summed E-state index contributed by atoms with van der Waals surface area (Å²) in [4.78, 5) is 8.92. The van der Waals surface area contributed by atoms with Gasteiger partial charge >= 0.3 is 0 Å². The number of piperazine rings is 1. The van der Waals surface area contributed by atoms with Gasteiger partial charge in [0.15, 0.2) is 5.96 Å². The molecule has 8 heteroatoms. The number of aromatic hydroxyl groups is 1. The number of guanidine groups is 1. The first-order valence-electron chi connectivity index (χ1n) is 9.42. The van der Waals surface area contributed by atoms with Crippen LogP contribution in [0, 0.1) is 13.8 Å². The first kappa shape index (κ1) is 22.3. The van der Waals surface area contributed by atoms with Gasteiger partial charge in [-0.25, -0.2) is 0 Å². The second kappa shape index (κ2) is 9.99. The molecule has 1 saturated heterocycles. The van der Waals surface area contributed by atoms with Gasteiger partial charge in [-0.3, -0.25) is 4.99 Å². The van der Waals surface area contributed by atoms with Crippen LogP contribution < -0.4 is 10.2 Å². The van der Waals surface area contributed by atoms with Crippen molar-refractivity contribution in [2.45, 2.75) is 26.7 Å². The van der Waals surface area contributed by atoms with Crippen molar-refractivity contribution >= 4 is 35.6 Å². The van der Waals surface area contributed by atoms with Crippen molar-refractivity contribution in [1.82, 2.24) is 15.4 Å². The molecule has 0 radical (unpaired) electrons. The van der Waals surface area contributed by atoms with Crippen LogP contribution in [-0.4, -0.2) is 60.9 Å². The van der Waals surface area contributed by atoms with Crippen molar-refractivity contribution in [1.29, 1.82) is 0 Å². The van der Waals surface area contributed by atoms with E-state index in [9.17, 15) is 5.11 Å². The van der Waals surface area contributed by atoms with Crippen LogP contribution in [0.25, 0.3) is 0 Å². The molecule has 0 saturated carbocycles. The number of rotatable bonds is 4. The second-order valence-corrected chi connectivity index (χ2v) is 7.03. The van der Waals surface area contributed by atoms with E-state index in [0.717, 1.165) is 55.8 Å². The minimum atomic E-state index is 0. The highest BCUT2D eigenvalue weighted by Crippen LogP contribution is 2.27. The van der Waals surface area contributed by atoms with Crippen LogP contribution in [0.15, 0.2) is 33.8 Å². The van der Waals surface area contributed by atoms with Crippen molar-refractivity contribution in [3.05, 3.63) is 41.3 Å². The Morgan fingerprint density at radius 2 is 1.93 bits per heavy atom. The van der Waals surface area contributed by atoms with Gasteiger partial charge in [0.2, 0.25) is 0 Å². The maximum absolute atomic E-state index is 10.1. The zero-order valence-corrected chi connectivity index (χ0v) is 19.3. The van der Waals surface area contributed by atoms with Crippen LogP contribution in [0.3, 0.4) is 0 Å². The third-order valence-corrected chi connectivity index (χ3v) is 5.16. The summed E-state index contributed by atoms with van der Waals surface area (Å²) in [6.45, 7) is 10.3. The molecule has 2 aromatic rings. The van der Waals surface area contributed by atoms with Gasteiger partial charge in [0.05, 0.1) is 11.4 Å². The van der Waals surface area contributed by atoms with E-state index < -0.39 is 0 Å². The largest absolute Gasteiger partial charge is 0.506 e. The summed E-state index contributed by atoms with van der Waals surface area (Å²) < 4.78 is 5.28. The topological polar surface area (TPSA) is 77.1 Å². The molecule has 0 amide bonds. The monoisotopic (exact) mass is 499 g/mol. The zero-order chi connectivity index (χ0) is 19.4. The van der Waals surface area contributed by atoms with E-state index in [-0.39, 0.29) is 29.9 Å². The number of aliphatic imine (C=N–C) groups is 1. The lowest BCUT2D eigenvalue weighted by molar-refractivity contribution is 0.368. The van der Waals surface area contributed by atoms with Gasteiger partial charge in [-0.15, -0.1) is 24.0 Å². The minimum absolute atomic E-state index is 0. The minimum Gasteiger partial charge on any atom is -0.506 e. The maximum Gasteiger partial charge on any atom is 0.193 e. The normalized spacial score (nSPS) is 15.9. The fourth-order valence-electron chi connectivity index (χ4n) is 3.76. The summed E-state index contributed by atoms with van der Waals surface area (Å²) in [5, 5.41) is 17.6. The number of hydrogen-bond donors (Lipinski definition) is 2. The number of aromatic nitrogens is 1. The molecule has 7 nitrogen and oxygen atoms in total. The Morgan fingerprint density at radius 1 is 1.25 bits per heavy atom. The van der Waals surface area contributed by atoms with Crippen LogP contribution in [0.1, 0.15) is 29.9 Å². The molecule has 154 valence electrons. The molecule has 1 aromatic carbocycles. The molecular formula is C20H30IN5O2. The molecule has 1 unspecified atom stereocenters. The summed E-state index contributed by atoms with van der Waals surface area (Å²) in [6.07, 6.45) is 0. The highest BCUT2D eigenvalue weighted by molar-refractivity contribution is 14.0. The Bertz CT molecular complexity index is 780. The number of hydrogen-bond acceptors (Lipinski definition) is 5. The Morgan fingerprint density at radius 3 is 2.50 bits per heavy atom. The number of aryl methyl sites for hydroxylation is 2. The van der Waals surface area contributed by atoms with Crippen LogP contribution in [0.2, 0.25) is 0 Å². The number of anilines is 1. The predicted octanol–water partition coefficient (Wildman–Crippen LogP) is 3.12. The highest BCUT2D eigenvalue weighted by atomic mass is 127. The molecule has 1 aliphatic heterocycles. The van der Waals surface area contributed by atoms with Gasteiger partial charge in [0.1, 0.15) is 11.5 Å². The molecule has 2 heterocycles. The summed E-state index contributed by atoms with van der Waals surface area (Å²) in [6, 6.07) is 7.50. The molecule has 0 aliphatic carbocycles. The van der Waals surface area contributed by atoms with Gasteiger partial charge in [0, 0.05) is 51.3 Å². The lowest BCUT2D eigenvalue weighted by Crippen LogP contribution is -2.53. The van der Waals surface area contributed by atoms with Crippen molar-refractivity contribution in [2.75, 3.05) is 44.7 Å². The SMILES string of the molecule is CN=C(NCC(C)c1c(C)noc1C)N1CCN(c2ccccc2O)CC1.I. The van der Waals surface area contributed by atoms with E-state index in [4.69, 9.17) is 4.52 Å². The van der Waals surface area contributed by atoms with Gasteiger partial charge < -0.3 is 24.7 Å². The lowest BCUT2D eigenvalue weighted by atomic mass is 10.00.